The van der Waals surface area contributed by atoms with Gasteiger partial charge in [-0.15, -0.1) is 0 Å². The van der Waals surface area contributed by atoms with E-state index < -0.39 is 5.54 Å². The van der Waals surface area contributed by atoms with E-state index in [-0.39, 0.29) is 5.97 Å². The Balaban J connectivity index is 2.09. The Bertz CT molecular complexity index is 405. The predicted molar refractivity (Wildman–Crippen MR) is 72.8 cm³/mol. The molecule has 1 heterocycles. The lowest BCUT2D eigenvalue weighted by molar-refractivity contribution is -0.151. The van der Waals surface area contributed by atoms with Crippen LogP contribution < -0.4 is 5.32 Å². The van der Waals surface area contributed by atoms with Gasteiger partial charge in [0, 0.05) is 18.4 Å². The van der Waals surface area contributed by atoms with E-state index in [4.69, 9.17) is 4.74 Å². The maximum atomic E-state index is 12.3. The van der Waals surface area contributed by atoms with Crippen LogP contribution in [0.15, 0.2) is 18.7 Å². The van der Waals surface area contributed by atoms with Crippen LogP contribution in [0.2, 0.25) is 0 Å². The standard InChI is InChI=1S/C14H23N3O2/c1-3-7-16-14(13(18)19-4-2)6-5-12(10-14)17-9-8-15-11-17/h8-9,11-12,16H,3-7,10H2,1-2H3. The summed E-state index contributed by atoms with van der Waals surface area (Å²) in [6.45, 7) is 5.24. The molecule has 2 rings (SSSR count). The van der Waals surface area contributed by atoms with Crippen LogP contribution in [-0.4, -0.2) is 34.2 Å². The monoisotopic (exact) mass is 265 g/mol. The van der Waals surface area contributed by atoms with Gasteiger partial charge in [-0.05, 0) is 39.2 Å². The van der Waals surface area contributed by atoms with Gasteiger partial charge < -0.3 is 14.6 Å². The van der Waals surface area contributed by atoms with Crippen molar-refractivity contribution in [3.8, 4) is 0 Å². The van der Waals surface area contributed by atoms with Gasteiger partial charge in [0.05, 0.1) is 12.9 Å². The molecule has 0 saturated heterocycles. The molecule has 19 heavy (non-hydrogen) atoms. The normalized spacial score (nSPS) is 26.5. The number of hydrogen-bond acceptors (Lipinski definition) is 4. The zero-order chi connectivity index (χ0) is 13.7. The Morgan fingerprint density at radius 2 is 2.42 bits per heavy atom. The Hall–Kier alpha value is -1.36. The SMILES string of the molecule is CCCNC1(C(=O)OCC)CCC(n2ccnc2)C1. The molecule has 1 saturated carbocycles. The van der Waals surface area contributed by atoms with Gasteiger partial charge in [0.1, 0.15) is 5.54 Å². The average molecular weight is 265 g/mol. The van der Waals surface area contributed by atoms with Crippen molar-refractivity contribution in [2.75, 3.05) is 13.2 Å². The van der Waals surface area contributed by atoms with Crippen molar-refractivity contribution in [3.63, 3.8) is 0 Å². The lowest BCUT2D eigenvalue weighted by Crippen LogP contribution is -2.51. The minimum atomic E-state index is -0.513. The molecule has 1 N–H and O–H groups in total. The summed E-state index contributed by atoms with van der Waals surface area (Å²) < 4.78 is 7.36. The minimum absolute atomic E-state index is 0.105. The Morgan fingerprint density at radius 3 is 3.05 bits per heavy atom. The van der Waals surface area contributed by atoms with Crippen molar-refractivity contribution < 1.29 is 9.53 Å². The van der Waals surface area contributed by atoms with Gasteiger partial charge in [-0.25, -0.2) is 4.98 Å². The lowest BCUT2D eigenvalue weighted by atomic mass is 9.97. The largest absolute Gasteiger partial charge is 0.465 e. The van der Waals surface area contributed by atoms with Gasteiger partial charge in [0.25, 0.3) is 0 Å². The first-order chi connectivity index (χ1) is 9.22. The number of nitrogens with zero attached hydrogens (tertiary/aromatic N) is 2. The van der Waals surface area contributed by atoms with Crippen molar-refractivity contribution in [1.29, 1.82) is 0 Å². The van der Waals surface area contributed by atoms with E-state index in [0.717, 1.165) is 32.2 Å². The Morgan fingerprint density at radius 1 is 1.58 bits per heavy atom. The molecule has 5 nitrogen and oxygen atoms in total. The van der Waals surface area contributed by atoms with E-state index in [9.17, 15) is 4.79 Å². The molecule has 0 aliphatic heterocycles. The summed E-state index contributed by atoms with van der Waals surface area (Å²) in [6.07, 6.45) is 9.17. The summed E-state index contributed by atoms with van der Waals surface area (Å²) >= 11 is 0. The van der Waals surface area contributed by atoms with Crippen LogP contribution in [0.5, 0.6) is 0 Å². The maximum absolute atomic E-state index is 12.3. The molecule has 1 aromatic rings. The number of aromatic nitrogens is 2. The van der Waals surface area contributed by atoms with Gasteiger partial charge in [0.15, 0.2) is 0 Å². The molecular formula is C14H23N3O2. The molecule has 0 bridgehead atoms. The van der Waals surface area contributed by atoms with Crippen molar-refractivity contribution >= 4 is 5.97 Å². The maximum Gasteiger partial charge on any atom is 0.326 e. The van der Waals surface area contributed by atoms with E-state index in [1.165, 1.54) is 0 Å². The highest BCUT2D eigenvalue weighted by atomic mass is 16.5. The Labute approximate surface area is 114 Å². The first-order valence-corrected chi connectivity index (χ1v) is 7.11. The third kappa shape index (κ3) is 2.97. The van der Waals surface area contributed by atoms with Crippen molar-refractivity contribution in [2.24, 2.45) is 0 Å². The molecule has 5 heteroatoms. The van der Waals surface area contributed by atoms with E-state index >= 15 is 0 Å². The second-order valence-electron chi connectivity index (χ2n) is 5.14. The molecule has 0 spiro atoms. The third-order valence-corrected chi connectivity index (χ3v) is 3.81. The highest BCUT2D eigenvalue weighted by Crippen LogP contribution is 2.38. The summed E-state index contributed by atoms with van der Waals surface area (Å²) in [7, 11) is 0. The van der Waals surface area contributed by atoms with E-state index in [0.29, 0.717) is 12.6 Å². The van der Waals surface area contributed by atoms with Gasteiger partial charge >= 0.3 is 5.97 Å². The molecule has 1 aliphatic carbocycles. The number of imidazole rings is 1. The summed E-state index contributed by atoms with van der Waals surface area (Å²) in [4.78, 5) is 16.4. The van der Waals surface area contributed by atoms with Crippen LogP contribution in [0.3, 0.4) is 0 Å². The third-order valence-electron chi connectivity index (χ3n) is 3.81. The van der Waals surface area contributed by atoms with Gasteiger partial charge in [0.2, 0.25) is 0 Å². The van der Waals surface area contributed by atoms with Crippen LogP contribution in [0.1, 0.15) is 45.6 Å². The highest BCUT2D eigenvalue weighted by molar-refractivity contribution is 5.81. The van der Waals surface area contributed by atoms with Crippen LogP contribution in [-0.2, 0) is 9.53 Å². The Kier molecular flexibility index (Phi) is 4.58. The zero-order valence-electron chi connectivity index (χ0n) is 11.8. The highest BCUT2D eigenvalue weighted by Gasteiger charge is 2.46. The number of ether oxygens (including phenoxy) is 1. The van der Waals surface area contributed by atoms with Crippen molar-refractivity contribution in [1.82, 2.24) is 14.9 Å². The smallest absolute Gasteiger partial charge is 0.326 e. The molecule has 1 aromatic heterocycles. The van der Waals surface area contributed by atoms with Crippen LogP contribution in [0.25, 0.3) is 0 Å². The molecule has 106 valence electrons. The number of carbonyl (C=O) groups is 1. The van der Waals surface area contributed by atoms with E-state index in [2.05, 4.69) is 21.8 Å². The van der Waals surface area contributed by atoms with Gasteiger partial charge in [-0.2, -0.15) is 0 Å². The fraction of sp³-hybridized carbons (Fsp3) is 0.714. The summed E-state index contributed by atoms with van der Waals surface area (Å²) in [5.41, 5.74) is -0.513. The van der Waals surface area contributed by atoms with Crippen LogP contribution in [0.4, 0.5) is 0 Å². The molecule has 1 aliphatic rings. The second-order valence-corrected chi connectivity index (χ2v) is 5.14. The summed E-state index contributed by atoms with van der Waals surface area (Å²) in [6, 6.07) is 0.330. The summed E-state index contributed by atoms with van der Waals surface area (Å²) in [5.74, 6) is -0.105. The first kappa shape index (κ1) is 14.1. The second kappa shape index (κ2) is 6.19. The molecule has 0 radical (unpaired) electrons. The quantitative estimate of drug-likeness (QED) is 0.798. The van der Waals surface area contributed by atoms with Crippen LogP contribution in [0, 0.1) is 0 Å². The fourth-order valence-corrected chi connectivity index (χ4v) is 2.81. The molecular weight excluding hydrogens is 242 g/mol. The van der Waals surface area contributed by atoms with Gasteiger partial charge in [-0.1, -0.05) is 6.92 Å². The minimum Gasteiger partial charge on any atom is -0.465 e. The first-order valence-electron chi connectivity index (χ1n) is 7.11. The van der Waals surface area contributed by atoms with Gasteiger partial charge in [-0.3, -0.25) is 4.79 Å². The molecule has 0 amide bonds. The van der Waals surface area contributed by atoms with Crippen molar-refractivity contribution in [2.45, 2.75) is 51.1 Å². The number of rotatable bonds is 6. The van der Waals surface area contributed by atoms with Crippen molar-refractivity contribution in [3.05, 3.63) is 18.7 Å². The van der Waals surface area contributed by atoms with E-state index in [1.54, 1.807) is 6.20 Å². The lowest BCUT2D eigenvalue weighted by Gasteiger charge is -2.28. The number of hydrogen-bond donors (Lipinski definition) is 1. The van der Waals surface area contributed by atoms with Crippen LogP contribution >= 0.6 is 0 Å². The summed E-state index contributed by atoms with van der Waals surface area (Å²) in [5, 5.41) is 3.41. The molecule has 2 atom stereocenters. The fourth-order valence-electron chi connectivity index (χ4n) is 2.81. The molecule has 1 fully saturated rings. The number of nitrogens with one attached hydrogen (secondary N) is 1. The predicted octanol–water partition coefficient (Wildman–Crippen LogP) is 1.91. The average Bonchev–Trinajstić information content (AvgIpc) is 3.06. The molecule has 2 unspecified atom stereocenters. The molecule has 0 aromatic carbocycles. The number of esters is 1. The topological polar surface area (TPSA) is 56.1 Å². The number of carbonyl (C=O) groups excluding carboxylic acids is 1. The van der Waals surface area contributed by atoms with E-state index in [1.807, 2.05) is 19.4 Å². The zero-order valence-corrected chi connectivity index (χ0v) is 11.8.